The van der Waals surface area contributed by atoms with Crippen molar-refractivity contribution in [2.75, 3.05) is 19.0 Å². The van der Waals surface area contributed by atoms with Crippen LogP contribution in [0, 0.1) is 5.92 Å². The van der Waals surface area contributed by atoms with Crippen molar-refractivity contribution in [1.29, 1.82) is 0 Å². The van der Waals surface area contributed by atoms with Crippen LogP contribution < -0.4 is 4.72 Å². The summed E-state index contributed by atoms with van der Waals surface area (Å²) in [5.74, 6) is -1.70. The molecule has 0 saturated carbocycles. The van der Waals surface area contributed by atoms with Crippen molar-refractivity contribution < 1.29 is 23.1 Å². The number of aliphatic carboxylic acids is 1. The minimum atomic E-state index is -3.60. The van der Waals surface area contributed by atoms with Gasteiger partial charge in [0.2, 0.25) is 10.0 Å². The Balaban J connectivity index is 4.37. The number of carbonyl (C=O) groups is 1. The number of rotatable bonds is 8. The van der Waals surface area contributed by atoms with Crippen LogP contribution in [0.25, 0.3) is 0 Å². The Hall–Kier alpha value is -0.660. The summed E-state index contributed by atoms with van der Waals surface area (Å²) in [6.07, 6.45) is 0. The molecular formula is C9H19NO5S. The second-order valence-corrected chi connectivity index (χ2v) is 5.57. The first-order valence-electron chi connectivity index (χ1n) is 5.10. The smallest absolute Gasteiger partial charge is 0.321 e. The first-order chi connectivity index (χ1) is 7.30. The zero-order valence-corrected chi connectivity index (χ0v) is 10.6. The summed E-state index contributed by atoms with van der Waals surface area (Å²) in [5.41, 5.74) is 0. The summed E-state index contributed by atoms with van der Waals surface area (Å²) >= 11 is 0. The Kier molecular flexibility index (Phi) is 6.54. The molecule has 0 fully saturated rings. The molecule has 0 spiro atoms. The molecule has 0 aliphatic rings. The average Bonchev–Trinajstić information content (AvgIpc) is 2.13. The van der Waals surface area contributed by atoms with E-state index in [1.807, 2.05) is 0 Å². The molecular weight excluding hydrogens is 234 g/mol. The summed E-state index contributed by atoms with van der Waals surface area (Å²) in [7, 11) is -3.60. The fourth-order valence-electron chi connectivity index (χ4n) is 1.04. The van der Waals surface area contributed by atoms with Crippen LogP contribution in [0.4, 0.5) is 0 Å². The lowest BCUT2D eigenvalue weighted by Gasteiger charge is -2.17. The van der Waals surface area contributed by atoms with Gasteiger partial charge in [0.1, 0.15) is 6.04 Å². The lowest BCUT2D eigenvalue weighted by molar-refractivity contribution is -0.140. The van der Waals surface area contributed by atoms with Crippen molar-refractivity contribution in [2.24, 2.45) is 5.92 Å². The molecule has 0 bridgehead atoms. The van der Waals surface area contributed by atoms with Crippen LogP contribution in [0.1, 0.15) is 20.8 Å². The third-order valence-corrected chi connectivity index (χ3v) is 3.26. The van der Waals surface area contributed by atoms with Crippen LogP contribution in [-0.2, 0) is 19.6 Å². The summed E-state index contributed by atoms with van der Waals surface area (Å²) in [6, 6.07) is -1.09. The molecule has 1 atom stereocenters. The third kappa shape index (κ3) is 6.04. The van der Waals surface area contributed by atoms with Gasteiger partial charge < -0.3 is 9.84 Å². The second-order valence-electron chi connectivity index (χ2n) is 3.69. The summed E-state index contributed by atoms with van der Waals surface area (Å²) in [5, 5.41) is 8.82. The second kappa shape index (κ2) is 6.82. The zero-order valence-electron chi connectivity index (χ0n) is 9.76. The van der Waals surface area contributed by atoms with E-state index in [1.165, 1.54) is 0 Å². The molecule has 0 aromatic heterocycles. The molecule has 0 aromatic carbocycles. The van der Waals surface area contributed by atoms with E-state index in [2.05, 4.69) is 4.72 Å². The van der Waals surface area contributed by atoms with Gasteiger partial charge >= 0.3 is 5.97 Å². The summed E-state index contributed by atoms with van der Waals surface area (Å²) < 4.78 is 30.0. The van der Waals surface area contributed by atoms with Crippen molar-refractivity contribution in [3.8, 4) is 0 Å². The van der Waals surface area contributed by atoms with E-state index in [0.29, 0.717) is 6.61 Å². The molecule has 16 heavy (non-hydrogen) atoms. The SMILES string of the molecule is CCOCCS(=O)(=O)NC(C(=O)O)C(C)C. The van der Waals surface area contributed by atoms with Gasteiger partial charge in [-0.3, -0.25) is 4.79 Å². The maximum Gasteiger partial charge on any atom is 0.321 e. The van der Waals surface area contributed by atoms with E-state index < -0.39 is 22.0 Å². The van der Waals surface area contributed by atoms with E-state index in [-0.39, 0.29) is 18.3 Å². The van der Waals surface area contributed by atoms with E-state index in [0.717, 1.165) is 0 Å². The number of carboxylic acid groups (broad SMARTS) is 1. The topological polar surface area (TPSA) is 92.7 Å². The van der Waals surface area contributed by atoms with Crippen LogP contribution in [0.5, 0.6) is 0 Å². The molecule has 0 aliphatic carbocycles. The molecule has 7 heteroatoms. The molecule has 0 heterocycles. The Morgan fingerprint density at radius 2 is 2.00 bits per heavy atom. The number of sulfonamides is 1. The molecule has 0 saturated heterocycles. The maximum atomic E-state index is 11.5. The largest absolute Gasteiger partial charge is 0.480 e. The standard InChI is InChI=1S/C9H19NO5S/c1-4-15-5-6-16(13,14)10-8(7(2)3)9(11)12/h7-8,10H,4-6H2,1-3H3,(H,11,12). The first-order valence-corrected chi connectivity index (χ1v) is 6.76. The Bertz CT molecular complexity index is 312. The van der Waals surface area contributed by atoms with Gasteiger partial charge in [-0.2, -0.15) is 0 Å². The van der Waals surface area contributed by atoms with Gasteiger partial charge in [-0.05, 0) is 12.8 Å². The third-order valence-electron chi connectivity index (χ3n) is 1.94. The molecule has 0 aliphatic heterocycles. The van der Waals surface area contributed by atoms with Crippen LogP contribution in [0.3, 0.4) is 0 Å². The van der Waals surface area contributed by atoms with Crippen LogP contribution >= 0.6 is 0 Å². The molecule has 6 nitrogen and oxygen atoms in total. The number of ether oxygens (including phenoxy) is 1. The predicted octanol–water partition coefficient (Wildman–Crippen LogP) is 0.0515. The monoisotopic (exact) mass is 253 g/mol. The van der Waals surface area contributed by atoms with Crippen molar-refractivity contribution in [2.45, 2.75) is 26.8 Å². The minimum Gasteiger partial charge on any atom is -0.480 e. The van der Waals surface area contributed by atoms with Gasteiger partial charge in [-0.1, -0.05) is 13.8 Å². The molecule has 1 unspecified atom stereocenters. The predicted molar refractivity (Wildman–Crippen MR) is 59.7 cm³/mol. The quantitative estimate of drug-likeness (QED) is 0.596. The number of hydrogen-bond acceptors (Lipinski definition) is 4. The van der Waals surface area contributed by atoms with Gasteiger partial charge in [-0.25, -0.2) is 13.1 Å². The van der Waals surface area contributed by atoms with E-state index in [9.17, 15) is 13.2 Å². The molecule has 2 N–H and O–H groups in total. The van der Waals surface area contributed by atoms with E-state index >= 15 is 0 Å². The van der Waals surface area contributed by atoms with Crippen molar-refractivity contribution in [3.05, 3.63) is 0 Å². The maximum absolute atomic E-state index is 11.5. The lowest BCUT2D eigenvalue weighted by Crippen LogP contribution is -2.45. The summed E-state index contributed by atoms with van der Waals surface area (Å²) in [6.45, 7) is 5.54. The van der Waals surface area contributed by atoms with Crippen molar-refractivity contribution in [3.63, 3.8) is 0 Å². The minimum absolute atomic E-state index is 0.0657. The van der Waals surface area contributed by atoms with Gasteiger partial charge in [0.05, 0.1) is 12.4 Å². The molecule has 96 valence electrons. The average molecular weight is 253 g/mol. The highest BCUT2D eigenvalue weighted by molar-refractivity contribution is 7.89. The van der Waals surface area contributed by atoms with Crippen LogP contribution in [-0.4, -0.2) is 44.5 Å². The molecule has 0 rings (SSSR count). The van der Waals surface area contributed by atoms with Gasteiger partial charge in [0.25, 0.3) is 0 Å². The fraction of sp³-hybridized carbons (Fsp3) is 0.889. The van der Waals surface area contributed by atoms with E-state index in [4.69, 9.17) is 9.84 Å². The molecule has 0 amide bonds. The number of nitrogens with one attached hydrogen (secondary N) is 1. The normalized spacial score (nSPS) is 14.0. The van der Waals surface area contributed by atoms with Crippen molar-refractivity contribution >= 4 is 16.0 Å². The van der Waals surface area contributed by atoms with Gasteiger partial charge in [0, 0.05) is 6.61 Å². The van der Waals surface area contributed by atoms with E-state index in [1.54, 1.807) is 20.8 Å². The summed E-state index contributed by atoms with van der Waals surface area (Å²) in [4.78, 5) is 10.8. The van der Waals surface area contributed by atoms with Gasteiger partial charge in [-0.15, -0.1) is 0 Å². The highest BCUT2D eigenvalue weighted by Crippen LogP contribution is 2.03. The highest BCUT2D eigenvalue weighted by Gasteiger charge is 2.26. The van der Waals surface area contributed by atoms with Crippen molar-refractivity contribution in [1.82, 2.24) is 4.72 Å². The first kappa shape index (κ1) is 15.3. The Morgan fingerprint density at radius 3 is 2.38 bits per heavy atom. The lowest BCUT2D eigenvalue weighted by atomic mass is 10.1. The zero-order chi connectivity index (χ0) is 12.8. The Morgan fingerprint density at radius 1 is 1.44 bits per heavy atom. The fourth-order valence-corrected chi connectivity index (χ4v) is 2.25. The Labute approximate surface area is 96.0 Å². The van der Waals surface area contributed by atoms with Gasteiger partial charge in [0.15, 0.2) is 0 Å². The number of hydrogen-bond donors (Lipinski definition) is 2. The molecule has 0 aromatic rings. The highest BCUT2D eigenvalue weighted by atomic mass is 32.2. The van der Waals surface area contributed by atoms with Crippen LogP contribution in [0.15, 0.2) is 0 Å². The number of carboxylic acids is 1. The van der Waals surface area contributed by atoms with Crippen LogP contribution in [0.2, 0.25) is 0 Å². The molecule has 0 radical (unpaired) electrons.